The first-order valence-corrected chi connectivity index (χ1v) is 13.9. The van der Waals surface area contributed by atoms with Crippen LogP contribution in [-0.2, 0) is 4.79 Å². The molecule has 3 aromatic carbocycles. The number of Topliss-reactive ketones (excluding diaryl/α,β-unsaturated/α-hetero) is 1. The number of ketones is 1. The van der Waals surface area contributed by atoms with Crippen molar-refractivity contribution in [3.63, 3.8) is 0 Å². The van der Waals surface area contributed by atoms with Crippen molar-refractivity contribution in [2.45, 2.75) is 35.5 Å². The lowest BCUT2D eigenvalue weighted by atomic mass is 9.84. The Morgan fingerprint density at radius 3 is 2.40 bits per heavy atom. The van der Waals surface area contributed by atoms with Crippen LogP contribution in [0.3, 0.4) is 0 Å². The molecule has 0 bridgehead atoms. The molecule has 0 aliphatic carbocycles. The van der Waals surface area contributed by atoms with Gasteiger partial charge in [-0.25, -0.2) is 9.97 Å². The first kappa shape index (κ1) is 29.9. The standard InChI is InChI=1S/C31H26F3N5O3S/c1-16-6-4-8-18(10-16)28-21(13-25(39-28)31(32,33)34)27(36)29(40)26(35)17-7-5-9-19(11-17)43-30-20-12-23(41-2)24(42-3)14-22(20)37-15-38-30/h4-12,14-15,21,28,35-36H,13H2,1-3H3/t21?,28-/m1/s1. The van der Waals surface area contributed by atoms with E-state index in [0.29, 0.717) is 37.9 Å². The van der Waals surface area contributed by atoms with Gasteiger partial charge in [-0.15, -0.1) is 0 Å². The molecule has 2 N–H and O–H groups in total. The summed E-state index contributed by atoms with van der Waals surface area (Å²) < 4.78 is 51.7. The summed E-state index contributed by atoms with van der Waals surface area (Å²) in [7, 11) is 3.05. The molecule has 0 radical (unpaired) electrons. The fraction of sp³-hybridized carbons (Fsp3) is 0.226. The van der Waals surface area contributed by atoms with E-state index in [2.05, 4.69) is 15.0 Å². The van der Waals surface area contributed by atoms with E-state index in [1.54, 1.807) is 67.6 Å². The number of nitrogens with zero attached hydrogens (tertiary/aromatic N) is 3. The minimum Gasteiger partial charge on any atom is -0.493 e. The molecule has 12 heteroatoms. The summed E-state index contributed by atoms with van der Waals surface area (Å²) in [5.41, 5.74) is 0.0641. The van der Waals surface area contributed by atoms with Gasteiger partial charge in [-0.05, 0) is 30.7 Å². The molecule has 0 saturated heterocycles. The number of carbonyl (C=O) groups is 1. The number of hydrogen-bond acceptors (Lipinski definition) is 9. The molecule has 0 fully saturated rings. The van der Waals surface area contributed by atoms with Gasteiger partial charge >= 0.3 is 6.18 Å². The number of hydrogen-bond donors (Lipinski definition) is 2. The van der Waals surface area contributed by atoms with Crippen LogP contribution in [-0.4, -0.2) is 53.3 Å². The number of benzene rings is 3. The van der Waals surface area contributed by atoms with E-state index in [4.69, 9.17) is 20.3 Å². The maximum Gasteiger partial charge on any atom is 0.429 e. The molecule has 1 aromatic heterocycles. The fourth-order valence-electron chi connectivity index (χ4n) is 4.94. The molecule has 4 aromatic rings. The summed E-state index contributed by atoms with van der Waals surface area (Å²) in [5.74, 6) is -1.09. The van der Waals surface area contributed by atoms with Crippen LogP contribution in [0.5, 0.6) is 11.5 Å². The van der Waals surface area contributed by atoms with Crippen LogP contribution in [0.25, 0.3) is 10.9 Å². The van der Waals surface area contributed by atoms with Crippen molar-refractivity contribution in [3.8, 4) is 11.5 Å². The third-order valence-electron chi connectivity index (χ3n) is 7.08. The van der Waals surface area contributed by atoms with Crippen molar-refractivity contribution in [1.82, 2.24) is 9.97 Å². The number of carbonyl (C=O) groups excluding carboxylic acids is 1. The highest BCUT2D eigenvalue weighted by atomic mass is 32.2. The number of nitrogens with one attached hydrogen (secondary N) is 2. The molecule has 0 amide bonds. The number of methoxy groups -OCH3 is 2. The number of halogens is 3. The minimum atomic E-state index is -4.68. The molecular formula is C31H26F3N5O3S. The van der Waals surface area contributed by atoms with Gasteiger partial charge in [-0.2, -0.15) is 13.2 Å². The van der Waals surface area contributed by atoms with Gasteiger partial charge in [0.15, 0.2) is 11.5 Å². The summed E-state index contributed by atoms with van der Waals surface area (Å²) in [6.45, 7) is 1.80. The average molecular weight is 606 g/mol. The lowest BCUT2D eigenvalue weighted by Crippen LogP contribution is -2.32. The lowest BCUT2D eigenvalue weighted by molar-refractivity contribution is -0.107. The Morgan fingerprint density at radius 1 is 0.977 bits per heavy atom. The Hall–Kier alpha value is -4.58. The van der Waals surface area contributed by atoms with E-state index in [1.165, 1.54) is 32.3 Å². The smallest absolute Gasteiger partial charge is 0.429 e. The summed E-state index contributed by atoms with van der Waals surface area (Å²) in [6, 6.07) is 15.9. The molecule has 220 valence electrons. The van der Waals surface area contributed by atoms with E-state index in [9.17, 15) is 18.0 Å². The monoisotopic (exact) mass is 605 g/mol. The second-order valence-electron chi connectivity index (χ2n) is 9.89. The summed E-state index contributed by atoms with van der Waals surface area (Å²) >= 11 is 1.28. The summed E-state index contributed by atoms with van der Waals surface area (Å²) in [6.07, 6.45) is -3.87. The van der Waals surface area contributed by atoms with Gasteiger partial charge in [0.1, 0.15) is 22.8 Å². The van der Waals surface area contributed by atoms with Crippen molar-refractivity contribution in [3.05, 3.63) is 83.7 Å². The Bertz CT molecular complexity index is 1790. The molecule has 43 heavy (non-hydrogen) atoms. The average Bonchev–Trinajstić information content (AvgIpc) is 3.46. The van der Waals surface area contributed by atoms with Gasteiger partial charge in [0.2, 0.25) is 5.78 Å². The van der Waals surface area contributed by atoms with Crippen LogP contribution in [0.2, 0.25) is 0 Å². The maximum atomic E-state index is 13.6. The molecule has 1 aliphatic rings. The van der Waals surface area contributed by atoms with Crippen molar-refractivity contribution in [2.24, 2.45) is 10.9 Å². The van der Waals surface area contributed by atoms with Crippen LogP contribution < -0.4 is 9.47 Å². The normalized spacial score (nSPS) is 16.6. The fourth-order valence-corrected chi connectivity index (χ4v) is 5.87. The van der Waals surface area contributed by atoms with Crippen LogP contribution in [0.1, 0.15) is 29.2 Å². The third-order valence-corrected chi connectivity index (χ3v) is 8.09. The quantitative estimate of drug-likeness (QED) is 0.159. The van der Waals surface area contributed by atoms with E-state index >= 15 is 0 Å². The molecule has 1 unspecified atom stereocenters. The largest absolute Gasteiger partial charge is 0.493 e. The number of ether oxygens (including phenoxy) is 2. The highest BCUT2D eigenvalue weighted by Crippen LogP contribution is 2.41. The minimum absolute atomic E-state index is 0.222. The Kier molecular flexibility index (Phi) is 8.32. The second kappa shape index (κ2) is 12.0. The van der Waals surface area contributed by atoms with Crippen LogP contribution in [0.4, 0.5) is 13.2 Å². The first-order valence-electron chi connectivity index (χ1n) is 13.1. The Morgan fingerprint density at radius 2 is 1.70 bits per heavy atom. The number of aromatic nitrogens is 2. The SMILES string of the molecule is COc1cc2ncnc(Sc3cccc(C(=N)C(=O)C(=N)C4CC(C(F)(F)F)=N[C@@H]4c4cccc(C)c4)c3)c2cc1OC. The Balaban J connectivity index is 1.40. The highest BCUT2D eigenvalue weighted by Gasteiger charge is 2.46. The zero-order valence-electron chi connectivity index (χ0n) is 23.3. The van der Waals surface area contributed by atoms with Crippen LogP contribution >= 0.6 is 11.8 Å². The highest BCUT2D eigenvalue weighted by molar-refractivity contribution is 7.99. The molecular weight excluding hydrogens is 579 g/mol. The van der Waals surface area contributed by atoms with E-state index in [0.717, 1.165) is 5.56 Å². The van der Waals surface area contributed by atoms with Crippen molar-refractivity contribution in [2.75, 3.05) is 14.2 Å². The third kappa shape index (κ3) is 6.14. The summed E-state index contributed by atoms with van der Waals surface area (Å²) in [5, 5.41) is 18.5. The maximum absolute atomic E-state index is 13.6. The summed E-state index contributed by atoms with van der Waals surface area (Å²) in [4.78, 5) is 26.6. The van der Waals surface area contributed by atoms with Gasteiger partial charge < -0.3 is 14.9 Å². The first-order chi connectivity index (χ1) is 20.5. The second-order valence-corrected chi connectivity index (χ2v) is 11.0. The van der Waals surface area contributed by atoms with Gasteiger partial charge in [-0.3, -0.25) is 15.2 Å². The zero-order chi connectivity index (χ0) is 30.9. The molecule has 0 spiro atoms. The molecule has 5 rings (SSSR count). The van der Waals surface area contributed by atoms with Crippen molar-refractivity contribution < 1.29 is 27.4 Å². The predicted molar refractivity (Wildman–Crippen MR) is 158 cm³/mol. The number of aliphatic imine (C=N–C) groups is 1. The molecule has 8 nitrogen and oxygen atoms in total. The van der Waals surface area contributed by atoms with Gasteiger partial charge in [0.25, 0.3) is 0 Å². The zero-order valence-corrected chi connectivity index (χ0v) is 24.1. The number of aryl methyl sites for hydroxylation is 1. The van der Waals surface area contributed by atoms with E-state index in [1.807, 2.05) is 0 Å². The van der Waals surface area contributed by atoms with Crippen LogP contribution in [0.15, 0.2) is 81.9 Å². The molecule has 2 heterocycles. The van der Waals surface area contributed by atoms with Gasteiger partial charge in [0.05, 0.1) is 31.5 Å². The van der Waals surface area contributed by atoms with E-state index < -0.39 is 47.5 Å². The van der Waals surface area contributed by atoms with Gasteiger partial charge in [0, 0.05) is 34.3 Å². The lowest BCUT2D eigenvalue weighted by Gasteiger charge is -2.19. The number of rotatable bonds is 9. The molecule has 2 atom stereocenters. The van der Waals surface area contributed by atoms with E-state index in [-0.39, 0.29) is 5.56 Å². The van der Waals surface area contributed by atoms with Crippen LogP contribution in [0, 0.1) is 23.7 Å². The molecule has 0 saturated carbocycles. The van der Waals surface area contributed by atoms with Crippen molar-refractivity contribution >= 4 is 45.6 Å². The van der Waals surface area contributed by atoms with Crippen molar-refractivity contribution in [1.29, 1.82) is 10.8 Å². The number of alkyl halides is 3. The predicted octanol–water partition coefficient (Wildman–Crippen LogP) is 6.83. The number of fused-ring (bicyclic) bond motifs is 1. The van der Waals surface area contributed by atoms with Gasteiger partial charge in [-0.1, -0.05) is 53.7 Å². The molecule has 1 aliphatic heterocycles. The Labute approximate surface area is 249 Å². The topological polar surface area (TPSA) is 121 Å².